The molecule has 34 heavy (non-hydrogen) atoms. The van der Waals surface area contributed by atoms with Crippen LogP contribution in [-0.4, -0.2) is 39.8 Å². The fraction of sp³-hybridized carbons (Fsp3) is 0.125. The molecular formula is C24H18N4O6. The maximum Gasteiger partial charge on any atom is 0.278 e. The van der Waals surface area contributed by atoms with Crippen molar-refractivity contribution in [3.8, 4) is 11.5 Å². The highest BCUT2D eigenvalue weighted by Gasteiger charge is 2.39. The predicted molar refractivity (Wildman–Crippen MR) is 121 cm³/mol. The predicted octanol–water partition coefficient (Wildman–Crippen LogP) is 3.15. The van der Waals surface area contributed by atoms with E-state index in [9.17, 15) is 19.7 Å². The number of carbonyl (C=O) groups excluding carboxylic acids is 2. The Kier molecular flexibility index (Phi) is 5.38. The zero-order chi connectivity index (χ0) is 23.7. The van der Waals surface area contributed by atoms with Crippen LogP contribution in [0.2, 0.25) is 0 Å². The summed E-state index contributed by atoms with van der Waals surface area (Å²) in [4.78, 5) is 42.4. The summed E-state index contributed by atoms with van der Waals surface area (Å²) >= 11 is 0. The van der Waals surface area contributed by atoms with Gasteiger partial charge >= 0.3 is 0 Å². The van der Waals surface area contributed by atoms with Gasteiger partial charge in [-0.2, -0.15) is 0 Å². The average molecular weight is 458 g/mol. The van der Waals surface area contributed by atoms with Gasteiger partial charge in [0.15, 0.2) is 11.5 Å². The van der Waals surface area contributed by atoms with E-state index >= 15 is 0 Å². The molecule has 0 atom stereocenters. The number of anilines is 1. The zero-order valence-electron chi connectivity index (χ0n) is 17.8. The van der Waals surface area contributed by atoms with Gasteiger partial charge in [-0.05, 0) is 41.5 Å². The second-order valence-corrected chi connectivity index (χ2v) is 7.60. The van der Waals surface area contributed by atoms with Crippen molar-refractivity contribution >= 4 is 28.8 Å². The van der Waals surface area contributed by atoms with Crippen LogP contribution in [0.3, 0.4) is 0 Å². The molecular weight excluding hydrogens is 440 g/mol. The van der Waals surface area contributed by atoms with Gasteiger partial charge < -0.3 is 14.8 Å². The summed E-state index contributed by atoms with van der Waals surface area (Å²) in [5.74, 6) is 0.0889. The molecule has 0 unspecified atom stereocenters. The van der Waals surface area contributed by atoms with Gasteiger partial charge in [-0.15, -0.1) is 0 Å². The van der Waals surface area contributed by atoms with Crippen molar-refractivity contribution < 1.29 is 24.0 Å². The van der Waals surface area contributed by atoms with E-state index in [0.29, 0.717) is 41.5 Å². The number of nitrogens with one attached hydrogen (secondary N) is 1. The van der Waals surface area contributed by atoms with Gasteiger partial charge in [0.05, 0.1) is 17.0 Å². The summed E-state index contributed by atoms with van der Waals surface area (Å²) in [6.07, 6.45) is 3.19. The third-order valence-corrected chi connectivity index (χ3v) is 5.41. The lowest BCUT2D eigenvalue weighted by molar-refractivity contribution is -0.384. The Morgan fingerprint density at radius 2 is 1.76 bits per heavy atom. The van der Waals surface area contributed by atoms with Gasteiger partial charge in [0, 0.05) is 36.3 Å². The van der Waals surface area contributed by atoms with Crippen LogP contribution in [0, 0.1) is 10.1 Å². The molecule has 0 radical (unpaired) electrons. The molecule has 170 valence electrons. The number of nitro benzene ring substituents is 1. The molecule has 0 fully saturated rings. The number of rotatable bonds is 6. The number of hydrogen-bond donors (Lipinski definition) is 1. The monoisotopic (exact) mass is 458 g/mol. The lowest BCUT2D eigenvalue weighted by Gasteiger charge is -2.19. The first-order chi connectivity index (χ1) is 16.5. The Morgan fingerprint density at radius 3 is 2.47 bits per heavy atom. The van der Waals surface area contributed by atoms with Gasteiger partial charge in [0.2, 0.25) is 0 Å². The van der Waals surface area contributed by atoms with Crippen LogP contribution < -0.4 is 14.8 Å². The summed E-state index contributed by atoms with van der Waals surface area (Å²) in [6, 6.07) is 14.1. The molecule has 2 amide bonds. The highest BCUT2D eigenvalue weighted by Crippen LogP contribution is 2.36. The van der Waals surface area contributed by atoms with Gasteiger partial charge in [0.25, 0.3) is 17.5 Å². The van der Waals surface area contributed by atoms with Crippen molar-refractivity contribution in [2.24, 2.45) is 0 Å². The number of carbonyl (C=O) groups is 2. The molecule has 3 aromatic rings. The van der Waals surface area contributed by atoms with Crippen molar-refractivity contribution in [1.29, 1.82) is 0 Å². The van der Waals surface area contributed by atoms with Gasteiger partial charge in [-0.25, -0.2) is 0 Å². The zero-order valence-corrected chi connectivity index (χ0v) is 17.8. The minimum Gasteiger partial charge on any atom is -0.486 e. The molecule has 0 saturated carbocycles. The van der Waals surface area contributed by atoms with Crippen LogP contribution in [0.5, 0.6) is 11.5 Å². The van der Waals surface area contributed by atoms with Crippen molar-refractivity contribution in [2.45, 2.75) is 6.54 Å². The summed E-state index contributed by atoms with van der Waals surface area (Å²) in [5.41, 5.74) is 1.68. The first kappa shape index (κ1) is 21.1. The topological polar surface area (TPSA) is 124 Å². The number of amides is 2. The van der Waals surface area contributed by atoms with E-state index in [-0.39, 0.29) is 23.5 Å². The number of hydrogen-bond acceptors (Lipinski definition) is 8. The van der Waals surface area contributed by atoms with Crippen LogP contribution in [-0.2, 0) is 16.1 Å². The molecule has 1 aromatic heterocycles. The fourth-order valence-electron chi connectivity index (χ4n) is 3.79. The van der Waals surface area contributed by atoms with Crippen LogP contribution >= 0.6 is 0 Å². The smallest absolute Gasteiger partial charge is 0.278 e. The highest BCUT2D eigenvalue weighted by molar-refractivity contribution is 6.36. The van der Waals surface area contributed by atoms with Crippen LogP contribution in [0.4, 0.5) is 11.4 Å². The lowest BCUT2D eigenvalue weighted by Crippen LogP contribution is -2.32. The molecule has 2 aliphatic heterocycles. The van der Waals surface area contributed by atoms with E-state index in [0.717, 1.165) is 4.90 Å². The summed E-state index contributed by atoms with van der Waals surface area (Å²) in [5, 5.41) is 14.1. The number of fused-ring (bicyclic) bond motifs is 1. The largest absolute Gasteiger partial charge is 0.486 e. The van der Waals surface area contributed by atoms with Crippen LogP contribution in [0.15, 0.2) is 72.7 Å². The molecule has 2 aliphatic rings. The minimum absolute atomic E-state index is 0.0360. The third-order valence-electron chi connectivity index (χ3n) is 5.41. The minimum atomic E-state index is -0.525. The molecule has 10 nitrogen and oxygen atoms in total. The van der Waals surface area contributed by atoms with Crippen molar-refractivity contribution in [3.63, 3.8) is 0 Å². The number of nitrogens with zero attached hydrogens (tertiary/aromatic N) is 3. The quantitative estimate of drug-likeness (QED) is 0.339. The molecule has 0 spiro atoms. The maximum absolute atomic E-state index is 13.4. The van der Waals surface area contributed by atoms with E-state index < -0.39 is 16.7 Å². The molecule has 0 saturated heterocycles. The second kappa shape index (κ2) is 8.66. The van der Waals surface area contributed by atoms with Gasteiger partial charge in [0.1, 0.15) is 18.9 Å². The maximum atomic E-state index is 13.4. The number of benzene rings is 2. The number of imide groups is 1. The van der Waals surface area contributed by atoms with E-state index in [1.807, 2.05) is 0 Å². The number of ether oxygens (including phenoxy) is 2. The van der Waals surface area contributed by atoms with E-state index in [1.165, 1.54) is 24.3 Å². The van der Waals surface area contributed by atoms with Gasteiger partial charge in [-0.3, -0.25) is 29.6 Å². The molecule has 0 aliphatic carbocycles. The van der Waals surface area contributed by atoms with E-state index in [4.69, 9.17) is 9.47 Å². The van der Waals surface area contributed by atoms with Crippen LogP contribution in [0.1, 0.15) is 11.1 Å². The average Bonchev–Trinajstić information content (AvgIpc) is 3.09. The summed E-state index contributed by atoms with van der Waals surface area (Å²) in [6.45, 7) is 0.892. The highest BCUT2D eigenvalue weighted by atomic mass is 16.6. The van der Waals surface area contributed by atoms with Crippen molar-refractivity contribution in [3.05, 3.63) is 93.9 Å². The van der Waals surface area contributed by atoms with Crippen molar-refractivity contribution in [1.82, 2.24) is 9.88 Å². The fourth-order valence-corrected chi connectivity index (χ4v) is 3.79. The Bertz CT molecular complexity index is 1320. The molecule has 5 rings (SSSR count). The summed E-state index contributed by atoms with van der Waals surface area (Å²) in [7, 11) is 0. The standard InChI is InChI=1S/C24H18N4O6/c29-23-21(16-3-6-18(7-4-16)28(31)32)22(24(30)27(23)14-15-2-1-9-25-13-15)26-17-5-8-19-20(12-17)34-11-10-33-19/h1-9,12-13,26H,10-11,14H2. The Hall–Kier alpha value is -4.73. The van der Waals surface area contributed by atoms with E-state index in [2.05, 4.69) is 10.3 Å². The Labute approximate surface area is 193 Å². The number of non-ortho nitro benzene ring substituents is 1. The molecule has 1 N–H and O–H groups in total. The molecule has 2 aromatic carbocycles. The van der Waals surface area contributed by atoms with Crippen LogP contribution in [0.25, 0.3) is 5.57 Å². The van der Waals surface area contributed by atoms with E-state index in [1.54, 1.807) is 42.7 Å². The first-order valence-electron chi connectivity index (χ1n) is 10.4. The number of aromatic nitrogens is 1. The Balaban J connectivity index is 1.53. The lowest BCUT2D eigenvalue weighted by atomic mass is 10.0. The molecule has 10 heteroatoms. The number of pyridine rings is 1. The van der Waals surface area contributed by atoms with Gasteiger partial charge in [-0.1, -0.05) is 6.07 Å². The third kappa shape index (κ3) is 3.92. The SMILES string of the molecule is O=C1C(Nc2ccc3c(c2)OCCO3)=C(c2ccc([N+](=O)[O-])cc2)C(=O)N1Cc1cccnc1. The summed E-state index contributed by atoms with van der Waals surface area (Å²) < 4.78 is 11.1. The normalized spacial score (nSPS) is 15.0. The van der Waals surface area contributed by atoms with Crippen molar-refractivity contribution in [2.75, 3.05) is 18.5 Å². The molecule has 0 bridgehead atoms. The number of nitro groups is 1. The Morgan fingerprint density at radius 1 is 1.00 bits per heavy atom. The molecule has 3 heterocycles. The second-order valence-electron chi connectivity index (χ2n) is 7.60. The first-order valence-corrected chi connectivity index (χ1v) is 10.4.